The van der Waals surface area contributed by atoms with Gasteiger partial charge in [-0.3, -0.25) is 4.79 Å². The van der Waals surface area contributed by atoms with Gasteiger partial charge < -0.3 is 10.1 Å². The molecule has 1 N–H and O–H groups in total. The van der Waals surface area contributed by atoms with Gasteiger partial charge in [0.05, 0.1) is 4.90 Å². The maximum absolute atomic E-state index is 13.0. The number of amides is 1. The van der Waals surface area contributed by atoms with Gasteiger partial charge in [-0.2, -0.15) is 4.31 Å². The van der Waals surface area contributed by atoms with Crippen molar-refractivity contribution in [2.45, 2.75) is 37.6 Å². The molecule has 1 saturated heterocycles. The number of piperidine rings is 1. The molecule has 0 unspecified atom stereocenters. The van der Waals surface area contributed by atoms with Gasteiger partial charge in [-0.15, -0.1) is 0 Å². The molecule has 28 heavy (non-hydrogen) atoms. The van der Waals surface area contributed by atoms with Crippen LogP contribution in [0.4, 0.5) is 0 Å². The average molecular weight is 403 g/mol. The van der Waals surface area contributed by atoms with E-state index in [1.54, 1.807) is 18.2 Å². The Bertz CT molecular complexity index is 921. The van der Waals surface area contributed by atoms with Crippen LogP contribution in [0.3, 0.4) is 0 Å². The van der Waals surface area contributed by atoms with Crippen molar-refractivity contribution in [3.05, 3.63) is 59.7 Å². The molecule has 1 heterocycles. The largest absolute Gasteiger partial charge is 0.484 e. The number of para-hydroxylation sites is 1. The molecule has 1 amide bonds. The van der Waals surface area contributed by atoms with E-state index in [1.807, 2.05) is 44.2 Å². The first-order valence-electron chi connectivity index (χ1n) is 9.41. The fraction of sp³-hybridized carbons (Fsp3) is 0.381. The Morgan fingerprint density at radius 2 is 1.79 bits per heavy atom. The first-order chi connectivity index (χ1) is 13.4. The van der Waals surface area contributed by atoms with Gasteiger partial charge in [0, 0.05) is 19.1 Å². The molecule has 0 saturated carbocycles. The molecule has 150 valence electrons. The first-order valence-corrected chi connectivity index (χ1v) is 10.8. The van der Waals surface area contributed by atoms with Crippen LogP contribution < -0.4 is 10.1 Å². The third-order valence-corrected chi connectivity index (χ3v) is 6.93. The molecular weight excluding hydrogens is 376 g/mol. The van der Waals surface area contributed by atoms with Gasteiger partial charge in [0.25, 0.3) is 5.91 Å². The zero-order valence-corrected chi connectivity index (χ0v) is 17.0. The fourth-order valence-electron chi connectivity index (χ4n) is 3.30. The van der Waals surface area contributed by atoms with E-state index < -0.39 is 10.0 Å². The van der Waals surface area contributed by atoms with E-state index >= 15 is 0 Å². The topological polar surface area (TPSA) is 75.7 Å². The summed E-state index contributed by atoms with van der Waals surface area (Å²) in [5.41, 5.74) is 1.67. The zero-order valence-electron chi connectivity index (χ0n) is 16.2. The molecular formula is C21H26N2O4S. The van der Waals surface area contributed by atoms with Crippen LogP contribution in [0.5, 0.6) is 5.75 Å². The van der Waals surface area contributed by atoms with E-state index in [4.69, 9.17) is 4.74 Å². The van der Waals surface area contributed by atoms with Crippen LogP contribution in [-0.4, -0.2) is 44.4 Å². The van der Waals surface area contributed by atoms with Gasteiger partial charge in [-0.1, -0.05) is 30.3 Å². The van der Waals surface area contributed by atoms with Crippen molar-refractivity contribution in [3.63, 3.8) is 0 Å². The van der Waals surface area contributed by atoms with E-state index in [9.17, 15) is 13.2 Å². The van der Waals surface area contributed by atoms with Crippen LogP contribution in [0.2, 0.25) is 0 Å². The number of sulfonamides is 1. The summed E-state index contributed by atoms with van der Waals surface area (Å²) in [6.07, 6.45) is 1.17. The number of hydrogen-bond acceptors (Lipinski definition) is 4. The molecule has 1 aliphatic heterocycles. The predicted molar refractivity (Wildman–Crippen MR) is 108 cm³/mol. The van der Waals surface area contributed by atoms with E-state index in [1.165, 1.54) is 4.31 Å². The number of benzene rings is 2. The standard InChI is InChI=1S/C21H26N2O4S/c1-16-8-9-17(2)20(14-16)28(25,26)23-12-10-18(11-13-23)22-21(24)15-27-19-6-4-3-5-7-19/h3-9,14,18H,10-13,15H2,1-2H3,(H,22,24). The monoisotopic (exact) mass is 402 g/mol. The Hall–Kier alpha value is -2.38. The fourth-order valence-corrected chi connectivity index (χ4v) is 5.08. The van der Waals surface area contributed by atoms with Crippen molar-refractivity contribution in [3.8, 4) is 5.75 Å². The van der Waals surface area contributed by atoms with Crippen LogP contribution in [-0.2, 0) is 14.8 Å². The first kappa shape index (κ1) is 20.4. The van der Waals surface area contributed by atoms with Crippen molar-refractivity contribution in [2.24, 2.45) is 0 Å². The number of hydrogen-bond donors (Lipinski definition) is 1. The molecule has 0 atom stereocenters. The van der Waals surface area contributed by atoms with Crippen molar-refractivity contribution < 1.29 is 17.9 Å². The van der Waals surface area contributed by atoms with Gasteiger partial charge in [0.15, 0.2) is 6.61 Å². The number of aryl methyl sites for hydroxylation is 2. The molecule has 0 radical (unpaired) electrons. The van der Waals surface area contributed by atoms with Gasteiger partial charge in [-0.25, -0.2) is 8.42 Å². The Morgan fingerprint density at radius 3 is 2.46 bits per heavy atom. The lowest BCUT2D eigenvalue weighted by atomic mass is 10.1. The molecule has 0 aliphatic carbocycles. The van der Waals surface area contributed by atoms with E-state index in [0.717, 1.165) is 11.1 Å². The minimum absolute atomic E-state index is 0.0445. The molecule has 0 spiro atoms. The Labute approximate surface area is 166 Å². The number of nitrogens with one attached hydrogen (secondary N) is 1. The smallest absolute Gasteiger partial charge is 0.258 e. The number of rotatable bonds is 6. The normalized spacial score (nSPS) is 15.9. The highest BCUT2D eigenvalue weighted by molar-refractivity contribution is 7.89. The van der Waals surface area contributed by atoms with Crippen molar-refractivity contribution in [2.75, 3.05) is 19.7 Å². The van der Waals surface area contributed by atoms with Gasteiger partial charge in [-0.05, 0) is 56.0 Å². The summed E-state index contributed by atoms with van der Waals surface area (Å²) < 4.78 is 32.9. The second kappa shape index (κ2) is 8.75. The van der Waals surface area contributed by atoms with Crippen molar-refractivity contribution >= 4 is 15.9 Å². The molecule has 0 aromatic heterocycles. The maximum Gasteiger partial charge on any atom is 0.258 e. The van der Waals surface area contributed by atoms with E-state index in [2.05, 4.69) is 5.32 Å². The van der Waals surface area contributed by atoms with Crippen molar-refractivity contribution in [1.29, 1.82) is 0 Å². The lowest BCUT2D eigenvalue weighted by molar-refractivity contribution is -0.124. The zero-order chi connectivity index (χ0) is 20.1. The second-order valence-corrected chi connectivity index (χ2v) is 9.02. The van der Waals surface area contributed by atoms with E-state index in [0.29, 0.717) is 36.6 Å². The summed E-state index contributed by atoms with van der Waals surface area (Å²) in [5, 5.41) is 2.94. The van der Waals surface area contributed by atoms with Crippen LogP contribution in [0.1, 0.15) is 24.0 Å². The van der Waals surface area contributed by atoms with Crippen LogP contribution in [0, 0.1) is 13.8 Å². The second-order valence-electron chi connectivity index (χ2n) is 7.12. The summed E-state index contributed by atoms with van der Waals surface area (Å²) >= 11 is 0. The van der Waals surface area contributed by atoms with Gasteiger partial charge in [0.1, 0.15) is 5.75 Å². The molecule has 0 bridgehead atoms. The number of carbonyl (C=O) groups excluding carboxylic acids is 1. The number of ether oxygens (including phenoxy) is 1. The lowest BCUT2D eigenvalue weighted by Crippen LogP contribution is -2.47. The SMILES string of the molecule is Cc1ccc(C)c(S(=O)(=O)N2CCC(NC(=O)COc3ccccc3)CC2)c1. The predicted octanol–water partition coefficient (Wildman–Crippen LogP) is 2.65. The molecule has 7 heteroatoms. The Kier molecular flexibility index (Phi) is 6.36. The number of nitrogens with zero attached hydrogens (tertiary/aromatic N) is 1. The minimum Gasteiger partial charge on any atom is -0.484 e. The van der Waals surface area contributed by atoms with Crippen LogP contribution >= 0.6 is 0 Å². The summed E-state index contributed by atoms with van der Waals surface area (Å²) in [6.45, 7) is 4.43. The third-order valence-electron chi connectivity index (χ3n) is 4.89. The van der Waals surface area contributed by atoms with E-state index in [-0.39, 0.29) is 18.6 Å². The molecule has 3 rings (SSSR count). The highest BCUT2D eigenvalue weighted by Crippen LogP contribution is 2.24. The lowest BCUT2D eigenvalue weighted by Gasteiger charge is -2.32. The average Bonchev–Trinajstić information content (AvgIpc) is 2.69. The maximum atomic E-state index is 13.0. The minimum atomic E-state index is -3.52. The molecule has 2 aromatic rings. The van der Waals surface area contributed by atoms with Gasteiger partial charge in [0.2, 0.25) is 10.0 Å². The molecule has 2 aromatic carbocycles. The summed E-state index contributed by atoms with van der Waals surface area (Å²) in [5.74, 6) is 0.451. The third kappa shape index (κ3) is 4.91. The quantitative estimate of drug-likeness (QED) is 0.806. The summed E-state index contributed by atoms with van der Waals surface area (Å²) in [6, 6.07) is 14.6. The molecule has 1 aliphatic rings. The van der Waals surface area contributed by atoms with Crippen molar-refractivity contribution in [1.82, 2.24) is 9.62 Å². The van der Waals surface area contributed by atoms with Crippen LogP contribution in [0.25, 0.3) is 0 Å². The Morgan fingerprint density at radius 1 is 1.11 bits per heavy atom. The molecule has 1 fully saturated rings. The molecule has 6 nitrogen and oxygen atoms in total. The number of carbonyl (C=O) groups is 1. The van der Waals surface area contributed by atoms with Gasteiger partial charge >= 0.3 is 0 Å². The summed E-state index contributed by atoms with van der Waals surface area (Å²) in [7, 11) is -3.52. The highest BCUT2D eigenvalue weighted by Gasteiger charge is 2.31. The Balaban J connectivity index is 1.52. The highest BCUT2D eigenvalue weighted by atomic mass is 32.2. The summed E-state index contributed by atoms with van der Waals surface area (Å²) in [4.78, 5) is 12.5. The van der Waals surface area contributed by atoms with Crippen LogP contribution in [0.15, 0.2) is 53.4 Å².